The monoisotopic (exact) mass is 316 g/mol. The van der Waals surface area contributed by atoms with E-state index in [1.807, 2.05) is 0 Å². The van der Waals surface area contributed by atoms with Gasteiger partial charge in [-0.25, -0.2) is 4.79 Å². The van der Waals surface area contributed by atoms with E-state index < -0.39 is 16.9 Å². The summed E-state index contributed by atoms with van der Waals surface area (Å²) in [5.74, 6) is -2.21. The zero-order valence-corrected chi connectivity index (χ0v) is 11.7. The van der Waals surface area contributed by atoms with Crippen LogP contribution in [0.4, 0.5) is 17.1 Å². The molecule has 23 heavy (non-hydrogen) atoms. The molecule has 0 aliphatic carbocycles. The van der Waals surface area contributed by atoms with Crippen LogP contribution in [0.15, 0.2) is 42.5 Å². The Morgan fingerprint density at radius 3 is 2.48 bits per heavy atom. The summed E-state index contributed by atoms with van der Waals surface area (Å²) in [5.41, 5.74) is 0.578. The number of carboxylic acid groups (broad SMARTS) is 2. The van der Waals surface area contributed by atoms with E-state index in [-0.39, 0.29) is 23.4 Å². The lowest BCUT2D eigenvalue weighted by Gasteiger charge is -2.09. The molecule has 0 bridgehead atoms. The smallest absolute Gasteiger partial charge is 0.335 e. The van der Waals surface area contributed by atoms with E-state index in [2.05, 4.69) is 5.32 Å². The van der Waals surface area contributed by atoms with Crippen LogP contribution >= 0.6 is 0 Å². The van der Waals surface area contributed by atoms with E-state index in [1.54, 1.807) is 18.2 Å². The Balaban J connectivity index is 2.38. The first-order chi connectivity index (χ1) is 10.9. The number of hydrogen-bond acceptors (Lipinski definition) is 5. The van der Waals surface area contributed by atoms with Crippen molar-refractivity contribution in [3.63, 3.8) is 0 Å². The van der Waals surface area contributed by atoms with E-state index >= 15 is 0 Å². The molecule has 0 aliphatic rings. The Bertz CT molecular complexity index is 787. The molecule has 8 nitrogen and oxygen atoms in total. The number of carbonyl (C=O) groups is 2. The first kappa shape index (κ1) is 16.0. The fourth-order valence-electron chi connectivity index (χ4n) is 2.02. The average molecular weight is 316 g/mol. The molecule has 0 fully saturated rings. The number of benzene rings is 2. The molecular formula is C15H12N2O6. The summed E-state index contributed by atoms with van der Waals surface area (Å²) in [5, 5.41) is 31.6. The number of rotatable bonds is 6. The zero-order valence-electron chi connectivity index (χ0n) is 11.7. The number of anilines is 2. The summed E-state index contributed by atoms with van der Waals surface area (Å²) in [7, 11) is 0. The van der Waals surface area contributed by atoms with Gasteiger partial charge >= 0.3 is 11.9 Å². The third kappa shape index (κ3) is 4.03. The highest BCUT2D eigenvalue weighted by Crippen LogP contribution is 2.29. The van der Waals surface area contributed by atoms with E-state index in [9.17, 15) is 19.7 Å². The van der Waals surface area contributed by atoms with Crippen LogP contribution in [-0.2, 0) is 11.2 Å². The van der Waals surface area contributed by atoms with Gasteiger partial charge in [0.1, 0.15) is 5.69 Å². The van der Waals surface area contributed by atoms with Crippen molar-refractivity contribution in [1.29, 1.82) is 0 Å². The Morgan fingerprint density at radius 1 is 1.13 bits per heavy atom. The van der Waals surface area contributed by atoms with Crippen LogP contribution in [0.1, 0.15) is 15.9 Å². The quantitative estimate of drug-likeness (QED) is 0.551. The molecule has 2 aromatic carbocycles. The molecule has 0 aliphatic heterocycles. The summed E-state index contributed by atoms with van der Waals surface area (Å²) in [6.45, 7) is 0. The molecule has 0 saturated carbocycles. The summed E-state index contributed by atoms with van der Waals surface area (Å²) in [6, 6.07) is 9.76. The van der Waals surface area contributed by atoms with Gasteiger partial charge in [-0.15, -0.1) is 0 Å². The second kappa shape index (κ2) is 6.56. The molecule has 3 N–H and O–H groups in total. The molecule has 0 radical (unpaired) electrons. The van der Waals surface area contributed by atoms with Crippen molar-refractivity contribution in [2.75, 3.05) is 5.32 Å². The van der Waals surface area contributed by atoms with E-state index in [4.69, 9.17) is 10.2 Å². The third-order valence-corrected chi connectivity index (χ3v) is 3.00. The first-order valence-electron chi connectivity index (χ1n) is 6.46. The Kier molecular flexibility index (Phi) is 4.55. The van der Waals surface area contributed by atoms with Crippen LogP contribution < -0.4 is 5.32 Å². The van der Waals surface area contributed by atoms with Crippen molar-refractivity contribution in [1.82, 2.24) is 0 Å². The maximum atomic E-state index is 11.0. The molecule has 118 valence electrons. The molecule has 0 saturated heterocycles. The lowest BCUT2D eigenvalue weighted by Crippen LogP contribution is -2.03. The van der Waals surface area contributed by atoms with E-state index in [1.165, 1.54) is 6.07 Å². The standard InChI is InChI=1S/C15H12N2O6/c18-14(19)7-9-2-1-3-11(6-9)16-12-8-10(15(20)21)4-5-13(12)17(22)23/h1-6,8,16H,7H2,(H,18,19)(H,20,21). The van der Waals surface area contributed by atoms with Crippen molar-refractivity contribution >= 4 is 29.0 Å². The van der Waals surface area contributed by atoms with E-state index in [0.29, 0.717) is 11.3 Å². The predicted molar refractivity (Wildman–Crippen MR) is 81.1 cm³/mol. The van der Waals surface area contributed by atoms with Gasteiger partial charge in [0, 0.05) is 11.8 Å². The minimum absolute atomic E-state index is 0.0161. The fourth-order valence-corrected chi connectivity index (χ4v) is 2.02. The highest BCUT2D eigenvalue weighted by Gasteiger charge is 2.17. The molecule has 2 rings (SSSR count). The van der Waals surface area contributed by atoms with Crippen molar-refractivity contribution in [3.8, 4) is 0 Å². The number of nitrogens with one attached hydrogen (secondary N) is 1. The van der Waals surface area contributed by atoms with Gasteiger partial charge in [0.2, 0.25) is 0 Å². The van der Waals surface area contributed by atoms with Gasteiger partial charge in [-0.05, 0) is 29.8 Å². The summed E-state index contributed by atoms with van der Waals surface area (Å²) in [6.07, 6.45) is -0.188. The second-order valence-electron chi connectivity index (χ2n) is 4.69. The van der Waals surface area contributed by atoms with Crippen molar-refractivity contribution in [3.05, 3.63) is 63.7 Å². The van der Waals surface area contributed by atoms with Crippen LogP contribution in [0.2, 0.25) is 0 Å². The van der Waals surface area contributed by atoms with E-state index in [0.717, 1.165) is 18.2 Å². The van der Waals surface area contributed by atoms with Gasteiger partial charge in [-0.3, -0.25) is 14.9 Å². The fraction of sp³-hybridized carbons (Fsp3) is 0.0667. The second-order valence-corrected chi connectivity index (χ2v) is 4.69. The molecule has 0 atom stereocenters. The van der Waals surface area contributed by atoms with Crippen LogP contribution in [0.3, 0.4) is 0 Å². The molecule has 0 heterocycles. The number of nitro benzene ring substituents is 1. The highest BCUT2D eigenvalue weighted by atomic mass is 16.6. The number of carboxylic acids is 2. The lowest BCUT2D eigenvalue weighted by atomic mass is 10.1. The lowest BCUT2D eigenvalue weighted by molar-refractivity contribution is -0.383. The number of aromatic carboxylic acids is 1. The topological polar surface area (TPSA) is 130 Å². The summed E-state index contributed by atoms with van der Waals surface area (Å²) < 4.78 is 0. The maximum absolute atomic E-state index is 11.0. The Morgan fingerprint density at radius 2 is 1.87 bits per heavy atom. The molecule has 0 aromatic heterocycles. The van der Waals surface area contributed by atoms with Crippen molar-refractivity contribution < 1.29 is 24.7 Å². The average Bonchev–Trinajstić information content (AvgIpc) is 2.46. The summed E-state index contributed by atoms with van der Waals surface area (Å²) in [4.78, 5) is 32.1. The van der Waals surface area contributed by atoms with Gasteiger partial charge in [-0.2, -0.15) is 0 Å². The van der Waals surface area contributed by atoms with Crippen LogP contribution in [0.25, 0.3) is 0 Å². The predicted octanol–water partition coefficient (Wildman–Crippen LogP) is 2.66. The Hall–Kier alpha value is -3.42. The molecular weight excluding hydrogens is 304 g/mol. The largest absolute Gasteiger partial charge is 0.481 e. The molecule has 2 aromatic rings. The minimum atomic E-state index is -1.21. The SMILES string of the molecule is O=C(O)Cc1cccc(Nc2cc(C(=O)O)ccc2[N+](=O)[O-])c1. The Labute approximate surface area is 130 Å². The minimum Gasteiger partial charge on any atom is -0.481 e. The van der Waals surface area contributed by atoms with Gasteiger partial charge in [-0.1, -0.05) is 12.1 Å². The van der Waals surface area contributed by atoms with Gasteiger partial charge in [0.15, 0.2) is 0 Å². The normalized spacial score (nSPS) is 10.1. The molecule has 0 amide bonds. The number of nitro groups is 1. The molecule has 0 unspecified atom stereocenters. The number of aliphatic carboxylic acids is 1. The zero-order chi connectivity index (χ0) is 17.0. The van der Waals surface area contributed by atoms with Gasteiger partial charge < -0.3 is 15.5 Å². The van der Waals surface area contributed by atoms with Crippen LogP contribution in [-0.4, -0.2) is 27.1 Å². The third-order valence-electron chi connectivity index (χ3n) is 3.00. The first-order valence-corrected chi connectivity index (χ1v) is 6.46. The van der Waals surface area contributed by atoms with Crippen LogP contribution in [0, 0.1) is 10.1 Å². The maximum Gasteiger partial charge on any atom is 0.335 e. The van der Waals surface area contributed by atoms with Crippen molar-refractivity contribution in [2.45, 2.75) is 6.42 Å². The summed E-state index contributed by atoms with van der Waals surface area (Å²) >= 11 is 0. The highest BCUT2D eigenvalue weighted by molar-refractivity contribution is 5.90. The molecule has 0 spiro atoms. The number of hydrogen-bond donors (Lipinski definition) is 3. The molecule has 8 heteroatoms. The van der Waals surface area contributed by atoms with Gasteiger partial charge in [0.05, 0.1) is 16.9 Å². The van der Waals surface area contributed by atoms with Crippen LogP contribution in [0.5, 0.6) is 0 Å². The number of nitrogens with zero attached hydrogens (tertiary/aromatic N) is 1. The van der Waals surface area contributed by atoms with Gasteiger partial charge in [0.25, 0.3) is 5.69 Å². The van der Waals surface area contributed by atoms with Crippen molar-refractivity contribution in [2.24, 2.45) is 0 Å².